The van der Waals surface area contributed by atoms with Crippen molar-refractivity contribution < 1.29 is 14.9 Å². The molecule has 60 heavy (non-hydrogen) atoms. The van der Waals surface area contributed by atoms with Gasteiger partial charge in [-0.15, -0.1) is 9.13 Å². The summed E-state index contributed by atoms with van der Waals surface area (Å²) in [4.78, 5) is 0. The van der Waals surface area contributed by atoms with Gasteiger partial charge in [0.25, 0.3) is 0 Å². The standard InChI is InChI=1S/C55H53N3OSi/c1-33(2)41-30-49-40-15-11-12-16-45(40)55(56(49)32-51(41)60(8,9)10)46-31-50-42(43-28-37(27-35(4)52(43)59-50)36-21-19-34(3)20-22-36)29-44(46)53-57(47-17-13-14-18-48(47)58(53)55)39-25-23-38(24-26-39)54(5,6)7/h11-33H,1-10H3/q+2/i33D. The van der Waals surface area contributed by atoms with E-state index in [1.807, 2.05) is 13.8 Å². The highest BCUT2D eigenvalue weighted by molar-refractivity contribution is 6.89. The van der Waals surface area contributed by atoms with E-state index in [4.69, 9.17) is 4.42 Å². The van der Waals surface area contributed by atoms with E-state index >= 15 is 0 Å². The van der Waals surface area contributed by atoms with Crippen LogP contribution in [-0.4, -0.2) is 12.6 Å². The third-order valence-electron chi connectivity index (χ3n) is 13.4. The van der Waals surface area contributed by atoms with E-state index in [1.54, 1.807) is 0 Å². The minimum absolute atomic E-state index is 0.0304. The highest BCUT2D eigenvalue weighted by Crippen LogP contribution is 2.51. The number of hydrogen-bond donors (Lipinski definition) is 0. The van der Waals surface area contributed by atoms with Crippen molar-refractivity contribution >= 4 is 46.2 Å². The second-order valence-corrected chi connectivity index (χ2v) is 24.7. The third-order valence-corrected chi connectivity index (χ3v) is 15.4. The van der Waals surface area contributed by atoms with Crippen molar-refractivity contribution in [3.8, 4) is 39.5 Å². The molecular formula is C55H53N3OSi+2. The third kappa shape index (κ3) is 5.02. The Morgan fingerprint density at radius 3 is 2.17 bits per heavy atom. The molecule has 296 valence electrons. The highest BCUT2D eigenvalue weighted by atomic mass is 28.3. The smallest absolute Gasteiger partial charge is 0.364 e. The van der Waals surface area contributed by atoms with Crippen LogP contribution in [0.15, 0.2) is 138 Å². The molecule has 1 unspecified atom stereocenters. The van der Waals surface area contributed by atoms with Crippen LogP contribution in [0.25, 0.3) is 72.4 Å². The summed E-state index contributed by atoms with van der Waals surface area (Å²) >= 11 is 0. The number of para-hydroxylation sites is 2. The Balaban J connectivity index is 1.32. The number of nitrogens with zero attached hydrogens (tertiary/aromatic N) is 3. The monoisotopic (exact) mass is 800 g/mol. The average Bonchev–Trinajstić information content (AvgIpc) is 3.92. The van der Waals surface area contributed by atoms with E-state index in [-0.39, 0.29) is 5.41 Å². The lowest BCUT2D eigenvalue weighted by molar-refractivity contribution is -0.944. The van der Waals surface area contributed by atoms with E-state index in [0.29, 0.717) is 0 Å². The lowest BCUT2D eigenvalue weighted by Gasteiger charge is -2.25. The van der Waals surface area contributed by atoms with Crippen molar-refractivity contribution in [3.05, 3.63) is 167 Å². The SMILES string of the molecule is [2H]C(C)(C)c1cc2[n+](cc1[Si](C)(C)C)C1(c3ccccc3-2)c2cc3oc4c(C)cc(-c5ccc(C)cc5)cc4c3cc2-c2n(-c3ccc(C(C)(C)C)cc3)c3ccccc3[n+]21. The first kappa shape index (κ1) is 35.9. The predicted octanol–water partition coefficient (Wildman–Crippen LogP) is 12.6. The molecule has 3 aromatic heterocycles. The summed E-state index contributed by atoms with van der Waals surface area (Å²) in [5.41, 5.74) is 17.6. The van der Waals surface area contributed by atoms with Crippen molar-refractivity contribution in [2.45, 2.75) is 85.1 Å². The number of benzene rings is 6. The number of aryl methyl sites for hydroxylation is 2. The second kappa shape index (κ2) is 12.5. The minimum Gasteiger partial charge on any atom is -0.456 e. The van der Waals surface area contributed by atoms with Crippen molar-refractivity contribution in [3.63, 3.8) is 0 Å². The number of pyridine rings is 1. The first-order chi connectivity index (χ1) is 29.0. The maximum Gasteiger partial charge on any atom is 0.364 e. The number of fused-ring (bicyclic) bond motifs is 15. The van der Waals surface area contributed by atoms with E-state index in [1.165, 1.54) is 49.7 Å². The largest absolute Gasteiger partial charge is 0.456 e. The maximum atomic E-state index is 9.47. The normalized spacial score (nSPS) is 16.1. The molecule has 6 aromatic carbocycles. The fourth-order valence-electron chi connectivity index (χ4n) is 10.4. The van der Waals surface area contributed by atoms with Crippen LogP contribution in [0.2, 0.25) is 19.6 Å². The molecule has 11 rings (SSSR count). The van der Waals surface area contributed by atoms with Crippen LogP contribution in [0.3, 0.4) is 0 Å². The number of rotatable bonds is 4. The molecule has 9 aromatic rings. The summed E-state index contributed by atoms with van der Waals surface area (Å²) < 4.78 is 24.2. The zero-order valence-electron chi connectivity index (χ0n) is 37.5. The molecular weight excluding hydrogens is 747 g/mol. The summed E-state index contributed by atoms with van der Waals surface area (Å²) in [6.07, 6.45) is 2.45. The zero-order valence-corrected chi connectivity index (χ0v) is 37.5. The molecule has 5 heteroatoms. The van der Waals surface area contributed by atoms with Crippen LogP contribution in [0, 0.1) is 13.8 Å². The Labute approximate surface area is 355 Å². The minimum atomic E-state index is -1.99. The lowest BCUT2D eigenvalue weighted by Crippen LogP contribution is -2.72. The van der Waals surface area contributed by atoms with E-state index in [2.05, 4.69) is 202 Å². The zero-order chi connectivity index (χ0) is 42.5. The molecule has 0 fully saturated rings. The fraction of sp³-hybridized carbons (Fsp3) is 0.236. The quantitative estimate of drug-likeness (QED) is 0.129. The van der Waals surface area contributed by atoms with Gasteiger partial charge in [0.05, 0.1) is 30.3 Å². The fourth-order valence-corrected chi connectivity index (χ4v) is 12.0. The summed E-state index contributed by atoms with van der Waals surface area (Å²) in [7, 11) is -1.99. The van der Waals surface area contributed by atoms with Crippen molar-refractivity contribution in [1.82, 2.24) is 4.57 Å². The van der Waals surface area contributed by atoms with Gasteiger partial charge in [-0.25, -0.2) is 0 Å². The number of furan rings is 1. The number of imidazole rings is 1. The molecule has 5 heterocycles. The summed E-state index contributed by atoms with van der Waals surface area (Å²) in [6.45, 7) is 22.5. The first-order valence-corrected chi connectivity index (χ1v) is 24.9. The molecule has 1 atom stereocenters. The van der Waals surface area contributed by atoms with Gasteiger partial charge < -0.3 is 4.42 Å². The highest BCUT2D eigenvalue weighted by Gasteiger charge is 2.66. The Morgan fingerprint density at radius 1 is 0.733 bits per heavy atom. The van der Waals surface area contributed by atoms with Gasteiger partial charge in [0.1, 0.15) is 16.9 Å². The van der Waals surface area contributed by atoms with Gasteiger partial charge in [-0.2, -0.15) is 4.57 Å². The molecule has 0 aliphatic carbocycles. The molecule has 0 saturated carbocycles. The van der Waals surface area contributed by atoms with Gasteiger partial charge in [0, 0.05) is 23.4 Å². The van der Waals surface area contributed by atoms with Crippen LogP contribution in [-0.2, 0) is 11.1 Å². The molecule has 4 nitrogen and oxygen atoms in total. The molecule has 2 aliphatic rings. The summed E-state index contributed by atoms with van der Waals surface area (Å²) in [5.74, 6) is 0.365. The first-order valence-electron chi connectivity index (χ1n) is 21.9. The van der Waals surface area contributed by atoms with Gasteiger partial charge in [0.2, 0.25) is 5.69 Å². The topological polar surface area (TPSA) is 25.8 Å². The van der Waals surface area contributed by atoms with Crippen LogP contribution < -0.4 is 14.3 Å². The van der Waals surface area contributed by atoms with Gasteiger partial charge in [-0.1, -0.05) is 120 Å². The van der Waals surface area contributed by atoms with Crippen molar-refractivity contribution in [1.29, 1.82) is 0 Å². The molecule has 0 bridgehead atoms. The molecule has 0 radical (unpaired) electrons. The van der Waals surface area contributed by atoms with Gasteiger partial charge in [-0.05, 0) is 114 Å². The van der Waals surface area contributed by atoms with Gasteiger partial charge >= 0.3 is 11.5 Å². The number of aromatic nitrogens is 3. The molecule has 0 amide bonds. The Morgan fingerprint density at radius 2 is 1.45 bits per heavy atom. The van der Waals surface area contributed by atoms with E-state index < -0.39 is 19.6 Å². The van der Waals surface area contributed by atoms with Crippen LogP contribution in [0.1, 0.15) is 75.3 Å². The molecule has 0 N–H and O–H groups in total. The predicted molar refractivity (Wildman–Crippen MR) is 251 cm³/mol. The average molecular weight is 801 g/mol. The van der Waals surface area contributed by atoms with E-state index in [9.17, 15) is 1.37 Å². The van der Waals surface area contributed by atoms with Crippen LogP contribution in [0.5, 0.6) is 0 Å². The summed E-state index contributed by atoms with van der Waals surface area (Å²) in [5, 5.41) is 3.55. The van der Waals surface area contributed by atoms with Gasteiger partial charge in [0.15, 0.2) is 17.2 Å². The summed E-state index contributed by atoms with van der Waals surface area (Å²) in [6, 6.07) is 47.7. The Bertz CT molecular complexity index is 3310. The van der Waals surface area contributed by atoms with Crippen molar-refractivity contribution in [2.75, 3.05) is 0 Å². The van der Waals surface area contributed by atoms with E-state index in [0.717, 1.165) is 61.3 Å². The lowest BCUT2D eigenvalue weighted by atomic mass is 9.87. The second-order valence-electron chi connectivity index (χ2n) is 19.6. The van der Waals surface area contributed by atoms with Crippen LogP contribution >= 0.6 is 0 Å². The van der Waals surface area contributed by atoms with Crippen LogP contribution in [0.4, 0.5) is 0 Å². The van der Waals surface area contributed by atoms with Gasteiger partial charge in [-0.3, -0.25) is 0 Å². The molecule has 0 saturated heterocycles. The Hall–Kier alpha value is -6.04. The Kier molecular flexibility index (Phi) is 7.47. The molecule has 1 spiro atoms. The molecule has 2 aliphatic heterocycles. The van der Waals surface area contributed by atoms with Crippen molar-refractivity contribution in [2.24, 2.45) is 0 Å². The number of hydrogen-bond acceptors (Lipinski definition) is 1. The maximum absolute atomic E-state index is 9.47.